The van der Waals surface area contributed by atoms with Crippen LogP contribution in [0.5, 0.6) is 0 Å². The molecule has 0 aliphatic carbocycles. The zero-order valence-corrected chi connectivity index (χ0v) is 13.6. The third-order valence-corrected chi connectivity index (χ3v) is 4.16. The number of aromatic nitrogens is 1. The smallest absolute Gasteiger partial charge is 0.251 e. The van der Waals surface area contributed by atoms with Crippen LogP contribution in [-0.4, -0.2) is 17.4 Å². The minimum Gasteiger partial charge on any atom is -0.361 e. The lowest BCUT2D eigenvalue weighted by atomic mass is 10.0. The van der Waals surface area contributed by atoms with Crippen LogP contribution in [0.25, 0.3) is 10.9 Å². The van der Waals surface area contributed by atoms with Gasteiger partial charge >= 0.3 is 0 Å². The lowest BCUT2D eigenvalue weighted by Crippen LogP contribution is -2.25. The van der Waals surface area contributed by atoms with E-state index in [1.807, 2.05) is 30.5 Å². The van der Waals surface area contributed by atoms with Crippen molar-refractivity contribution in [2.45, 2.75) is 26.2 Å². The van der Waals surface area contributed by atoms with Crippen LogP contribution < -0.4 is 5.32 Å². The van der Waals surface area contributed by atoms with Crippen LogP contribution in [0.2, 0.25) is 0 Å². The fraction of sp³-hybridized carbons (Fsp3) is 0.250. The van der Waals surface area contributed by atoms with Gasteiger partial charge < -0.3 is 10.3 Å². The second-order valence-corrected chi connectivity index (χ2v) is 6.18. The van der Waals surface area contributed by atoms with Gasteiger partial charge in [0.05, 0.1) is 0 Å². The third-order valence-electron chi connectivity index (χ3n) is 4.16. The molecule has 3 aromatic rings. The van der Waals surface area contributed by atoms with Crippen molar-refractivity contribution in [2.24, 2.45) is 0 Å². The molecule has 0 saturated carbocycles. The molecular weight excluding hydrogens is 284 g/mol. The van der Waals surface area contributed by atoms with E-state index in [0.29, 0.717) is 12.5 Å². The number of hydrogen-bond donors (Lipinski definition) is 2. The summed E-state index contributed by atoms with van der Waals surface area (Å²) < 4.78 is 0. The number of hydrogen-bond acceptors (Lipinski definition) is 1. The first-order valence-electron chi connectivity index (χ1n) is 8.07. The fourth-order valence-electron chi connectivity index (χ4n) is 2.70. The summed E-state index contributed by atoms with van der Waals surface area (Å²) in [6.07, 6.45) is 2.77. The molecule has 0 saturated heterocycles. The van der Waals surface area contributed by atoms with E-state index in [1.165, 1.54) is 16.5 Å². The van der Waals surface area contributed by atoms with Gasteiger partial charge in [-0.1, -0.05) is 32.0 Å². The molecule has 23 heavy (non-hydrogen) atoms. The van der Waals surface area contributed by atoms with Crippen molar-refractivity contribution in [1.82, 2.24) is 10.3 Å². The summed E-state index contributed by atoms with van der Waals surface area (Å²) in [7, 11) is 0. The average molecular weight is 306 g/mol. The SMILES string of the molecule is CC(C)c1ccc(C(=O)NCCc2ccc3[nH]ccc3c2)cc1. The lowest BCUT2D eigenvalue weighted by Gasteiger charge is -2.08. The number of carbonyl (C=O) groups is 1. The molecule has 118 valence electrons. The zero-order valence-electron chi connectivity index (χ0n) is 13.6. The summed E-state index contributed by atoms with van der Waals surface area (Å²) in [6.45, 7) is 4.94. The highest BCUT2D eigenvalue weighted by atomic mass is 16.1. The average Bonchev–Trinajstić information content (AvgIpc) is 3.02. The summed E-state index contributed by atoms with van der Waals surface area (Å²) >= 11 is 0. The molecule has 2 aromatic carbocycles. The maximum atomic E-state index is 12.2. The number of H-pyrrole nitrogens is 1. The predicted molar refractivity (Wildman–Crippen MR) is 94.9 cm³/mol. The molecule has 0 spiro atoms. The molecule has 3 heteroatoms. The van der Waals surface area contributed by atoms with Crippen LogP contribution in [0.1, 0.15) is 41.3 Å². The molecule has 0 fully saturated rings. The Hall–Kier alpha value is -2.55. The van der Waals surface area contributed by atoms with E-state index in [4.69, 9.17) is 0 Å². The van der Waals surface area contributed by atoms with Gasteiger partial charge in [-0.25, -0.2) is 0 Å². The van der Waals surface area contributed by atoms with Crippen molar-refractivity contribution in [3.8, 4) is 0 Å². The number of aromatic amines is 1. The van der Waals surface area contributed by atoms with Crippen molar-refractivity contribution in [1.29, 1.82) is 0 Å². The van der Waals surface area contributed by atoms with Gasteiger partial charge in [0.2, 0.25) is 0 Å². The van der Waals surface area contributed by atoms with Crippen molar-refractivity contribution in [3.05, 3.63) is 71.4 Å². The van der Waals surface area contributed by atoms with E-state index in [0.717, 1.165) is 17.5 Å². The first-order chi connectivity index (χ1) is 11.1. The minimum atomic E-state index is -0.0111. The van der Waals surface area contributed by atoms with Crippen molar-refractivity contribution >= 4 is 16.8 Å². The summed E-state index contributed by atoms with van der Waals surface area (Å²) in [4.78, 5) is 15.4. The minimum absolute atomic E-state index is 0.0111. The van der Waals surface area contributed by atoms with Gasteiger partial charge in [0.1, 0.15) is 0 Å². The third kappa shape index (κ3) is 3.62. The topological polar surface area (TPSA) is 44.9 Å². The second kappa shape index (κ2) is 6.69. The largest absolute Gasteiger partial charge is 0.361 e. The van der Waals surface area contributed by atoms with Gasteiger partial charge in [-0.05, 0) is 59.2 Å². The zero-order chi connectivity index (χ0) is 16.2. The molecule has 0 radical (unpaired) electrons. The maximum absolute atomic E-state index is 12.2. The fourth-order valence-corrected chi connectivity index (χ4v) is 2.70. The van der Waals surface area contributed by atoms with Gasteiger partial charge in [0.15, 0.2) is 0 Å². The molecule has 0 aliphatic heterocycles. The Morgan fingerprint density at radius 2 is 1.87 bits per heavy atom. The molecular formula is C20H22N2O. The van der Waals surface area contributed by atoms with Gasteiger partial charge in [-0.15, -0.1) is 0 Å². The quantitative estimate of drug-likeness (QED) is 0.726. The van der Waals surface area contributed by atoms with Crippen LogP contribution >= 0.6 is 0 Å². The Bertz CT molecular complexity index is 800. The van der Waals surface area contributed by atoms with Crippen molar-refractivity contribution in [2.75, 3.05) is 6.54 Å². The molecule has 1 heterocycles. The predicted octanol–water partition coefficient (Wildman–Crippen LogP) is 4.26. The molecule has 1 amide bonds. The van der Waals surface area contributed by atoms with Gasteiger partial charge in [-0.2, -0.15) is 0 Å². The summed E-state index contributed by atoms with van der Waals surface area (Å²) in [6, 6.07) is 16.3. The number of carbonyl (C=O) groups excluding carboxylic acids is 1. The van der Waals surface area contributed by atoms with Crippen LogP contribution in [0.4, 0.5) is 0 Å². The Morgan fingerprint density at radius 1 is 1.09 bits per heavy atom. The first kappa shape index (κ1) is 15.3. The van der Waals surface area contributed by atoms with Crippen molar-refractivity contribution in [3.63, 3.8) is 0 Å². The van der Waals surface area contributed by atoms with Gasteiger partial charge in [0, 0.05) is 23.8 Å². The monoisotopic (exact) mass is 306 g/mol. The standard InChI is InChI=1S/C20H22N2O/c1-14(2)16-4-6-17(7-5-16)20(23)22-11-9-15-3-8-19-18(13-15)10-12-21-19/h3-8,10,12-14,21H,9,11H2,1-2H3,(H,22,23). The highest BCUT2D eigenvalue weighted by Gasteiger charge is 2.06. The molecule has 3 rings (SSSR count). The highest BCUT2D eigenvalue weighted by molar-refractivity contribution is 5.94. The molecule has 0 bridgehead atoms. The van der Waals surface area contributed by atoms with E-state index in [-0.39, 0.29) is 5.91 Å². The van der Waals surface area contributed by atoms with Crippen LogP contribution in [0, 0.1) is 0 Å². The van der Waals surface area contributed by atoms with E-state index in [2.05, 4.69) is 48.4 Å². The first-order valence-corrected chi connectivity index (χ1v) is 8.07. The number of fused-ring (bicyclic) bond motifs is 1. The number of amides is 1. The van der Waals surface area contributed by atoms with Crippen molar-refractivity contribution < 1.29 is 4.79 Å². The number of benzene rings is 2. The Morgan fingerprint density at radius 3 is 2.61 bits per heavy atom. The molecule has 2 N–H and O–H groups in total. The van der Waals surface area contributed by atoms with E-state index < -0.39 is 0 Å². The highest BCUT2D eigenvalue weighted by Crippen LogP contribution is 2.15. The van der Waals surface area contributed by atoms with Gasteiger partial charge in [0.25, 0.3) is 5.91 Å². The number of nitrogens with one attached hydrogen (secondary N) is 2. The van der Waals surface area contributed by atoms with Crippen LogP contribution in [0.15, 0.2) is 54.7 Å². The van der Waals surface area contributed by atoms with Crippen LogP contribution in [-0.2, 0) is 6.42 Å². The summed E-state index contributed by atoms with van der Waals surface area (Å²) in [5.74, 6) is 0.471. The van der Waals surface area contributed by atoms with Crippen LogP contribution in [0.3, 0.4) is 0 Å². The van der Waals surface area contributed by atoms with E-state index >= 15 is 0 Å². The van der Waals surface area contributed by atoms with Gasteiger partial charge in [-0.3, -0.25) is 4.79 Å². The molecule has 0 atom stereocenters. The Balaban J connectivity index is 1.56. The molecule has 0 unspecified atom stereocenters. The summed E-state index contributed by atoms with van der Waals surface area (Å²) in [5, 5.41) is 4.20. The molecule has 1 aromatic heterocycles. The Kier molecular flexibility index (Phi) is 4.47. The summed E-state index contributed by atoms with van der Waals surface area (Å²) in [5.41, 5.74) is 4.34. The molecule has 3 nitrogen and oxygen atoms in total. The maximum Gasteiger partial charge on any atom is 0.251 e. The van der Waals surface area contributed by atoms with E-state index in [1.54, 1.807) is 0 Å². The number of rotatable bonds is 5. The Labute approximate surface area is 136 Å². The second-order valence-electron chi connectivity index (χ2n) is 6.18. The normalized spacial score (nSPS) is 11.1. The molecule has 0 aliphatic rings. The lowest BCUT2D eigenvalue weighted by molar-refractivity contribution is 0.0954. The van der Waals surface area contributed by atoms with E-state index in [9.17, 15) is 4.79 Å².